The van der Waals surface area contributed by atoms with E-state index in [1.54, 1.807) is 0 Å². The van der Waals surface area contributed by atoms with Crippen LogP contribution in [0.15, 0.2) is 53.0 Å². The van der Waals surface area contributed by atoms with Crippen molar-refractivity contribution in [2.45, 2.75) is 19.0 Å². The largest absolute Gasteiger partial charge is 0.326 e. The predicted molar refractivity (Wildman–Crippen MR) is 87.4 cm³/mol. The molecule has 3 heteroatoms. The molecule has 0 aromatic heterocycles. The normalized spacial score (nSPS) is 19.4. The van der Waals surface area contributed by atoms with Crippen molar-refractivity contribution in [1.82, 2.24) is 4.90 Å². The van der Waals surface area contributed by atoms with Gasteiger partial charge in [0.1, 0.15) is 0 Å². The van der Waals surface area contributed by atoms with E-state index in [1.165, 1.54) is 16.7 Å². The summed E-state index contributed by atoms with van der Waals surface area (Å²) in [6.07, 6.45) is 1.12. The third kappa shape index (κ3) is 3.11. The second-order valence-electron chi connectivity index (χ2n) is 5.46. The van der Waals surface area contributed by atoms with E-state index in [2.05, 4.69) is 63.3 Å². The van der Waals surface area contributed by atoms with Crippen molar-refractivity contribution < 1.29 is 0 Å². The van der Waals surface area contributed by atoms with Gasteiger partial charge in [0.25, 0.3) is 0 Å². The predicted octanol–water partition coefficient (Wildman–Crippen LogP) is 3.65. The van der Waals surface area contributed by atoms with Gasteiger partial charge in [0.15, 0.2) is 0 Å². The van der Waals surface area contributed by atoms with E-state index in [-0.39, 0.29) is 0 Å². The van der Waals surface area contributed by atoms with Gasteiger partial charge >= 0.3 is 0 Å². The van der Waals surface area contributed by atoms with Crippen LogP contribution in [0.25, 0.3) is 11.1 Å². The third-order valence-electron chi connectivity index (χ3n) is 3.85. The van der Waals surface area contributed by atoms with Crippen LogP contribution in [0.1, 0.15) is 12.0 Å². The minimum Gasteiger partial charge on any atom is -0.326 e. The average molecular weight is 331 g/mol. The molecule has 104 valence electrons. The lowest BCUT2D eigenvalue weighted by molar-refractivity contribution is 0.327. The van der Waals surface area contributed by atoms with Gasteiger partial charge in [0, 0.05) is 30.1 Å². The summed E-state index contributed by atoms with van der Waals surface area (Å²) >= 11 is 3.61. The first-order chi connectivity index (χ1) is 9.72. The van der Waals surface area contributed by atoms with E-state index >= 15 is 0 Å². The maximum atomic E-state index is 5.95. The van der Waals surface area contributed by atoms with Gasteiger partial charge in [-0.25, -0.2) is 0 Å². The second kappa shape index (κ2) is 6.08. The van der Waals surface area contributed by atoms with Gasteiger partial charge in [-0.05, 0) is 29.2 Å². The molecule has 3 rings (SSSR count). The molecule has 0 saturated carbocycles. The van der Waals surface area contributed by atoms with Crippen molar-refractivity contribution in [3.63, 3.8) is 0 Å². The summed E-state index contributed by atoms with van der Waals surface area (Å²) in [6.45, 7) is 3.14. The lowest BCUT2D eigenvalue weighted by Gasteiger charge is -2.15. The number of rotatable bonds is 3. The molecule has 1 aliphatic heterocycles. The van der Waals surface area contributed by atoms with Crippen LogP contribution in [-0.4, -0.2) is 24.0 Å². The number of hydrogen-bond donors (Lipinski definition) is 1. The van der Waals surface area contributed by atoms with Crippen molar-refractivity contribution in [3.8, 4) is 11.1 Å². The lowest BCUT2D eigenvalue weighted by Crippen LogP contribution is -2.26. The van der Waals surface area contributed by atoms with E-state index in [1.807, 2.05) is 6.07 Å². The fraction of sp³-hybridized carbons (Fsp3) is 0.294. The molecule has 1 fully saturated rings. The highest BCUT2D eigenvalue weighted by molar-refractivity contribution is 9.10. The molecule has 1 heterocycles. The molecule has 0 spiro atoms. The summed E-state index contributed by atoms with van der Waals surface area (Å²) in [5, 5.41) is 0. The molecule has 0 amide bonds. The first-order valence-corrected chi connectivity index (χ1v) is 7.83. The molecule has 2 nitrogen and oxygen atoms in total. The van der Waals surface area contributed by atoms with Crippen LogP contribution in [0.2, 0.25) is 0 Å². The molecule has 0 aliphatic carbocycles. The Labute approximate surface area is 128 Å². The second-order valence-corrected chi connectivity index (χ2v) is 6.31. The van der Waals surface area contributed by atoms with Crippen LogP contribution in [-0.2, 0) is 6.54 Å². The summed E-state index contributed by atoms with van der Waals surface area (Å²) < 4.78 is 1.14. The van der Waals surface area contributed by atoms with Crippen LogP contribution in [0, 0.1) is 0 Å². The molecule has 1 saturated heterocycles. The highest BCUT2D eigenvalue weighted by atomic mass is 79.9. The van der Waals surface area contributed by atoms with Crippen molar-refractivity contribution in [1.29, 1.82) is 0 Å². The van der Waals surface area contributed by atoms with Gasteiger partial charge in [0.05, 0.1) is 0 Å². The summed E-state index contributed by atoms with van der Waals surface area (Å²) in [5.74, 6) is 0. The van der Waals surface area contributed by atoms with Gasteiger partial charge < -0.3 is 5.73 Å². The van der Waals surface area contributed by atoms with Gasteiger partial charge in [-0.15, -0.1) is 0 Å². The zero-order chi connectivity index (χ0) is 13.9. The number of hydrogen-bond acceptors (Lipinski definition) is 2. The zero-order valence-electron chi connectivity index (χ0n) is 11.4. The number of benzene rings is 2. The van der Waals surface area contributed by atoms with E-state index in [0.717, 1.165) is 30.5 Å². The Balaban J connectivity index is 1.73. The van der Waals surface area contributed by atoms with Gasteiger partial charge in [-0.2, -0.15) is 0 Å². The van der Waals surface area contributed by atoms with Crippen molar-refractivity contribution in [3.05, 3.63) is 58.6 Å². The van der Waals surface area contributed by atoms with E-state index in [4.69, 9.17) is 5.73 Å². The van der Waals surface area contributed by atoms with Crippen LogP contribution in [0.4, 0.5) is 0 Å². The SMILES string of the molecule is NC1CCN(Cc2ccc(-c3ccccc3Br)cc2)C1. The van der Waals surface area contributed by atoms with Crippen LogP contribution < -0.4 is 5.73 Å². The zero-order valence-corrected chi connectivity index (χ0v) is 13.0. The third-order valence-corrected chi connectivity index (χ3v) is 4.55. The standard InChI is InChI=1S/C17H19BrN2/c18-17-4-2-1-3-16(17)14-7-5-13(6-8-14)11-20-10-9-15(19)12-20/h1-8,15H,9-12,19H2. The molecule has 2 aromatic carbocycles. The molecular weight excluding hydrogens is 312 g/mol. The maximum Gasteiger partial charge on any atom is 0.0253 e. The highest BCUT2D eigenvalue weighted by Gasteiger charge is 2.18. The van der Waals surface area contributed by atoms with Crippen molar-refractivity contribution >= 4 is 15.9 Å². The monoisotopic (exact) mass is 330 g/mol. The number of nitrogens with two attached hydrogens (primary N) is 1. The molecule has 1 atom stereocenters. The number of halogens is 1. The van der Waals surface area contributed by atoms with E-state index in [9.17, 15) is 0 Å². The molecule has 2 N–H and O–H groups in total. The Hall–Kier alpha value is -1.16. The minimum absolute atomic E-state index is 0.356. The summed E-state index contributed by atoms with van der Waals surface area (Å²) in [5.41, 5.74) is 9.79. The maximum absolute atomic E-state index is 5.95. The highest BCUT2D eigenvalue weighted by Crippen LogP contribution is 2.28. The average Bonchev–Trinajstić information content (AvgIpc) is 2.86. The topological polar surface area (TPSA) is 29.3 Å². The summed E-state index contributed by atoms with van der Waals surface area (Å²) in [6, 6.07) is 17.5. The Bertz CT molecular complexity index is 580. The van der Waals surface area contributed by atoms with Crippen LogP contribution in [0.5, 0.6) is 0 Å². The summed E-state index contributed by atoms with van der Waals surface area (Å²) in [4.78, 5) is 2.43. The van der Waals surface area contributed by atoms with Gasteiger partial charge in [0.2, 0.25) is 0 Å². The Kier molecular flexibility index (Phi) is 4.20. The number of nitrogens with zero attached hydrogens (tertiary/aromatic N) is 1. The smallest absolute Gasteiger partial charge is 0.0253 e. The quantitative estimate of drug-likeness (QED) is 0.930. The van der Waals surface area contributed by atoms with Crippen molar-refractivity contribution in [2.75, 3.05) is 13.1 Å². The Morgan fingerprint density at radius 1 is 1.10 bits per heavy atom. The lowest BCUT2D eigenvalue weighted by atomic mass is 10.0. The molecule has 0 radical (unpaired) electrons. The molecule has 2 aromatic rings. The van der Waals surface area contributed by atoms with E-state index in [0.29, 0.717) is 6.04 Å². The first kappa shape index (κ1) is 13.8. The van der Waals surface area contributed by atoms with E-state index < -0.39 is 0 Å². The fourth-order valence-corrected chi connectivity index (χ4v) is 3.26. The van der Waals surface area contributed by atoms with Gasteiger partial charge in [-0.1, -0.05) is 58.4 Å². The molecule has 1 unspecified atom stereocenters. The minimum atomic E-state index is 0.356. The molecular formula is C17H19BrN2. The molecule has 20 heavy (non-hydrogen) atoms. The molecule has 1 aliphatic rings. The van der Waals surface area contributed by atoms with Crippen LogP contribution >= 0.6 is 15.9 Å². The molecule has 0 bridgehead atoms. The van der Waals surface area contributed by atoms with Gasteiger partial charge in [-0.3, -0.25) is 4.90 Å². The Morgan fingerprint density at radius 3 is 2.50 bits per heavy atom. The summed E-state index contributed by atoms with van der Waals surface area (Å²) in [7, 11) is 0. The first-order valence-electron chi connectivity index (χ1n) is 7.04. The number of likely N-dealkylation sites (tertiary alicyclic amines) is 1. The Morgan fingerprint density at radius 2 is 1.85 bits per heavy atom. The van der Waals surface area contributed by atoms with Crippen LogP contribution in [0.3, 0.4) is 0 Å². The fourth-order valence-electron chi connectivity index (χ4n) is 2.75. The van der Waals surface area contributed by atoms with Crippen molar-refractivity contribution in [2.24, 2.45) is 5.73 Å².